The van der Waals surface area contributed by atoms with Gasteiger partial charge < -0.3 is 34.7 Å². The number of likely N-dealkylation sites (tertiary alicyclic amines) is 1. The number of nitrogens with zero attached hydrogens (tertiary/aromatic N) is 3. The van der Waals surface area contributed by atoms with Crippen molar-refractivity contribution in [2.75, 3.05) is 112 Å². The first kappa shape index (κ1) is 28.4. The summed E-state index contributed by atoms with van der Waals surface area (Å²) in [6.07, 6.45) is 8.40. The molecule has 0 aromatic rings. The standard InChI is InChI=1S/C24H46N4O5/c1-2-12-30-14-16-32-18-19-33-17-15-31-13-11-27-9-7-26(8-10-27)5-3-4-6-28-21-23(25)20-24(28)22-29/h1,23-24,29H,3-22,25H2/t23-,24-/m0/s1. The van der Waals surface area contributed by atoms with Gasteiger partial charge in [0.25, 0.3) is 0 Å². The topological polar surface area (TPSA) is 92.9 Å². The van der Waals surface area contributed by atoms with Gasteiger partial charge in [0.15, 0.2) is 0 Å². The van der Waals surface area contributed by atoms with E-state index in [2.05, 4.69) is 20.6 Å². The molecule has 33 heavy (non-hydrogen) atoms. The first-order chi connectivity index (χ1) is 16.2. The second-order valence-electron chi connectivity index (χ2n) is 8.81. The number of aliphatic hydroxyl groups is 1. The summed E-state index contributed by atoms with van der Waals surface area (Å²) in [6, 6.07) is 0.490. The number of piperazine rings is 1. The fourth-order valence-electron chi connectivity index (χ4n) is 4.36. The summed E-state index contributed by atoms with van der Waals surface area (Å²) < 4.78 is 21.7. The lowest BCUT2D eigenvalue weighted by molar-refractivity contribution is -0.00259. The molecule has 0 aromatic heterocycles. The molecule has 9 heteroatoms. The molecule has 192 valence electrons. The lowest BCUT2D eigenvalue weighted by Gasteiger charge is -2.34. The summed E-state index contributed by atoms with van der Waals surface area (Å²) >= 11 is 0. The summed E-state index contributed by atoms with van der Waals surface area (Å²) in [6.45, 7) is 13.3. The van der Waals surface area contributed by atoms with Crippen LogP contribution in [0, 0.1) is 12.3 Å². The minimum atomic E-state index is 0.224. The Bertz CT molecular complexity index is 514. The predicted octanol–water partition coefficient (Wildman–Crippen LogP) is -0.522. The summed E-state index contributed by atoms with van der Waals surface area (Å²) in [5.74, 6) is 2.42. The Morgan fingerprint density at radius 2 is 1.33 bits per heavy atom. The van der Waals surface area contributed by atoms with Crippen molar-refractivity contribution in [3.63, 3.8) is 0 Å². The van der Waals surface area contributed by atoms with Crippen molar-refractivity contribution in [2.45, 2.75) is 31.3 Å². The lowest BCUT2D eigenvalue weighted by atomic mass is 10.2. The number of hydrogen-bond donors (Lipinski definition) is 2. The highest BCUT2D eigenvalue weighted by Crippen LogP contribution is 2.16. The maximum Gasteiger partial charge on any atom is 0.107 e. The van der Waals surface area contributed by atoms with Crippen LogP contribution in [0.3, 0.4) is 0 Å². The molecule has 0 aromatic carbocycles. The van der Waals surface area contributed by atoms with Gasteiger partial charge >= 0.3 is 0 Å². The average Bonchev–Trinajstić information content (AvgIpc) is 3.20. The fourth-order valence-corrected chi connectivity index (χ4v) is 4.36. The number of ether oxygens (including phenoxy) is 4. The van der Waals surface area contributed by atoms with E-state index in [9.17, 15) is 5.11 Å². The molecule has 9 nitrogen and oxygen atoms in total. The van der Waals surface area contributed by atoms with Gasteiger partial charge in [0, 0.05) is 51.4 Å². The molecule has 0 spiro atoms. The number of hydrogen-bond acceptors (Lipinski definition) is 9. The number of rotatable bonds is 19. The maximum atomic E-state index is 9.47. The maximum absolute atomic E-state index is 9.47. The van der Waals surface area contributed by atoms with Crippen molar-refractivity contribution in [2.24, 2.45) is 5.73 Å². The summed E-state index contributed by atoms with van der Waals surface area (Å²) in [5.41, 5.74) is 6.03. The molecule has 2 aliphatic heterocycles. The summed E-state index contributed by atoms with van der Waals surface area (Å²) in [4.78, 5) is 7.40. The largest absolute Gasteiger partial charge is 0.395 e. The number of terminal acetylenes is 1. The number of unbranched alkanes of at least 4 members (excludes halogenated alkanes) is 1. The van der Waals surface area contributed by atoms with Gasteiger partial charge in [-0.3, -0.25) is 9.80 Å². The molecule has 0 unspecified atom stereocenters. The molecular weight excluding hydrogens is 424 g/mol. The van der Waals surface area contributed by atoms with Crippen LogP contribution < -0.4 is 5.73 Å². The van der Waals surface area contributed by atoms with E-state index in [1.54, 1.807) is 0 Å². The van der Waals surface area contributed by atoms with Crippen LogP contribution in [0.4, 0.5) is 0 Å². The lowest BCUT2D eigenvalue weighted by Crippen LogP contribution is -2.47. The van der Waals surface area contributed by atoms with E-state index >= 15 is 0 Å². The van der Waals surface area contributed by atoms with E-state index in [1.807, 2.05) is 0 Å². The number of nitrogens with two attached hydrogens (primary N) is 1. The van der Waals surface area contributed by atoms with E-state index in [-0.39, 0.29) is 18.7 Å². The Labute approximate surface area is 200 Å². The molecule has 2 fully saturated rings. The van der Waals surface area contributed by atoms with Gasteiger partial charge in [-0.25, -0.2) is 0 Å². The van der Waals surface area contributed by atoms with Crippen molar-refractivity contribution in [3.8, 4) is 12.3 Å². The van der Waals surface area contributed by atoms with Crippen molar-refractivity contribution in [3.05, 3.63) is 0 Å². The normalized spacial score (nSPS) is 22.7. The Morgan fingerprint density at radius 1 is 0.788 bits per heavy atom. The van der Waals surface area contributed by atoms with Crippen LogP contribution in [0.5, 0.6) is 0 Å². The van der Waals surface area contributed by atoms with E-state index in [1.165, 1.54) is 12.8 Å². The minimum absolute atomic E-state index is 0.224. The van der Waals surface area contributed by atoms with Crippen LogP contribution in [0.25, 0.3) is 0 Å². The first-order valence-corrected chi connectivity index (χ1v) is 12.5. The molecule has 2 atom stereocenters. The molecule has 2 heterocycles. The second kappa shape index (κ2) is 18.5. The SMILES string of the molecule is C#CCOCCOCCOCCOCCN1CCN(CCCCN2C[C@@H](N)C[C@H]2CO)CC1. The Kier molecular flexibility index (Phi) is 16.0. The van der Waals surface area contributed by atoms with Gasteiger partial charge in [-0.2, -0.15) is 0 Å². The molecule has 3 N–H and O–H groups in total. The third kappa shape index (κ3) is 13.0. The first-order valence-electron chi connectivity index (χ1n) is 12.5. The fraction of sp³-hybridized carbons (Fsp3) is 0.917. The molecule has 0 amide bonds. The van der Waals surface area contributed by atoms with E-state index in [0.717, 1.165) is 65.4 Å². The zero-order valence-corrected chi connectivity index (χ0v) is 20.4. The summed E-state index contributed by atoms with van der Waals surface area (Å²) in [7, 11) is 0. The van der Waals surface area contributed by atoms with Gasteiger partial charge in [-0.15, -0.1) is 6.42 Å². The van der Waals surface area contributed by atoms with E-state index in [4.69, 9.17) is 31.1 Å². The van der Waals surface area contributed by atoms with Crippen LogP contribution in [0.2, 0.25) is 0 Å². The highest BCUT2D eigenvalue weighted by Gasteiger charge is 2.28. The van der Waals surface area contributed by atoms with Gasteiger partial charge in [0.2, 0.25) is 0 Å². The smallest absolute Gasteiger partial charge is 0.107 e. The molecule has 2 rings (SSSR count). The Morgan fingerprint density at radius 3 is 1.94 bits per heavy atom. The molecule has 2 saturated heterocycles. The van der Waals surface area contributed by atoms with Gasteiger partial charge in [-0.05, 0) is 32.4 Å². The van der Waals surface area contributed by atoms with Crippen molar-refractivity contribution in [1.82, 2.24) is 14.7 Å². The third-order valence-electron chi connectivity index (χ3n) is 6.26. The molecule has 2 aliphatic rings. The molecule has 0 aliphatic carbocycles. The molecule has 0 saturated carbocycles. The van der Waals surface area contributed by atoms with Crippen LogP contribution in [-0.4, -0.2) is 144 Å². The summed E-state index contributed by atoms with van der Waals surface area (Å²) in [5, 5.41) is 9.47. The van der Waals surface area contributed by atoms with Crippen LogP contribution in [-0.2, 0) is 18.9 Å². The quantitative estimate of drug-likeness (QED) is 0.191. The van der Waals surface area contributed by atoms with Crippen LogP contribution >= 0.6 is 0 Å². The molecule has 0 radical (unpaired) electrons. The van der Waals surface area contributed by atoms with Crippen molar-refractivity contribution in [1.29, 1.82) is 0 Å². The second-order valence-corrected chi connectivity index (χ2v) is 8.81. The average molecular weight is 471 g/mol. The Hall–Kier alpha value is -0.800. The Balaban J connectivity index is 1.34. The molecule has 0 bridgehead atoms. The highest BCUT2D eigenvalue weighted by atomic mass is 16.6. The predicted molar refractivity (Wildman–Crippen MR) is 129 cm³/mol. The highest BCUT2D eigenvalue weighted by molar-refractivity contribution is 4.87. The zero-order chi connectivity index (χ0) is 23.6. The van der Waals surface area contributed by atoms with E-state index in [0.29, 0.717) is 46.2 Å². The van der Waals surface area contributed by atoms with Gasteiger partial charge in [0.1, 0.15) is 6.61 Å². The third-order valence-corrected chi connectivity index (χ3v) is 6.26. The van der Waals surface area contributed by atoms with Crippen LogP contribution in [0.15, 0.2) is 0 Å². The monoisotopic (exact) mass is 470 g/mol. The van der Waals surface area contributed by atoms with Crippen LogP contribution in [0.1, 0.15) is 19.3 Å². The number of aliphatic hydroxyl groups excluding tert-OH is 1. The van der Waals surface area contributed by atoms with Gasteiger partial charge in [0.05, 0.1) is 52.9 Å². The van der Waals surface area contributed by atoms with Gasteiger partial charge in [-0.1, -0.05) is 5.92 Å². The molecular formula is C24H46N4O5. The minimum Gasteiger partial charge on any atom is -0.395 e. The van der Waals surface area contributed by atoms with E-state index < -0.39 is 0 Å². The van der Waals surface area contributed by atoms with Crippen molar-refractivity contribution < 1.29 is 24.1 Å². The zero-order valence-electron chi connectivity index (χ0n) is 20.4. The van der Waals surface area contributed by atoms with Crippen molar-refractivity contribution >= 4 is 0 Å².